The highest BCUT2D eigenvalue weighted by Crippen LogP contribution is 2.14. The van der Waals surface area contributed by atoms with E-state index in [4.69, 9.17) is 11.5 Å². The monoisotopic (exact) mass is 656 g/mol. The molecule has 2 rings (SSSR count). The fourth-order valence-corrected chi connectivity index (χ4v) is 4.63. The van der Waals surface area contributed by atoms with Gasteiger partial charge in [0.15, 0.2) is 0 Å². The number of amides is 4. The van der Waals surface area contributed by atoms with Crippen LogP contribution in [0.15, 0.2) is 48.5 Å². The molecule has 0 bridgehead atoms. The lowest BCUT2D eigenvalue weighted by molar-refractivity contribution is -0.142. The van der Waals surface area contributed by atoms with Gasteiger partial charge in [-0.3, -0.25) is 19.2 Å². The Morgan fingerprint density at radius 3 is 1.55 bits per heavy atom. The second-order valence-electron chi connectivity index (χ2n) is 11.7. The average Bonchev–Trinajstić information content (AvgIpc) is 3.04. The zero-order valence-electron chi connectivity index (χ0n) is 27.1. The van der Waals surface area contributed by atoms with Gasteiger partial charge in [-0.25, -0.2) is 4.79 Å². The summed E-state index contributed by atoms with van der Waals surface area (Å²) in [6.07, 6.45) is 1.70. The summed E-state index contributed by atoms with van der Waals surface area (Å²) in [4.78, 5) is 65.0. The van der Waals surface area contributed by atoms with Gasteiger partial charge in [-0.15, -0.1) is 0 Å². The predicted molar refractivity (Wildman–Crippen MR) is 175 cm³/mol. The van der Waals surface area contributed by atoms with Gasteiger partial charge in [-0.1, -0.05) is 44.5 Å². The Morgan fingerprint density at radius 2 is 1.13 bits per heavy atom. The number of nitrogens with two attached hydrogens (primary N) is 2. The maximum atomic E-state index is 13.8. The van der Waals surface area contributed by atoms with Gasteiger partial charge in [0, 0.05) is 12.8 Å². The van der Waals surface area contributed by atoms with Crippen molar-refractivity contribution >= 4 is 29.6 Å². The fraction of sp³-hybridized carbons (Fsp3) is 0.485. The molecule has 0 saturated carbocycles. The second-order valence-corrected chi connectivity index (χ2v) is 11.7. The minimum atomic E-state index is -1.27. The molecule has 0 heterocycles. The van der Waals surface area contributed by atoms with Crippen LogP contribution in [-0.4, -0.2) is 81.7 Å². The molecule has 2 aromatic carbocycles. The summed E-state index contributed by atoms with van der Waals surface area (Å²) in [7, 11) is 0. The highest BCUT2D eigenvalue weighted by molar-refractivity contribution is 5.95. The topological polar surface area (TPSA) is 246 Å². The zero-order chi connectivity index (χ0) is 35.1. The lowest BCUT2D eigenvalue weighted by atomic mass is 9.99. The van der Waals surface area contributed by atoms with Crippen molar-refractivity contribution in [2.24, 2.45) is 17.4 Å². The van der Waals surface area contributed by atoms with Gasteiger partial charge in [-0.05, 0) is 74.0 Å². The molecule has 6 atom stereocenters. The number of hydrogen-bond acceptors (Lipinski definition) is 9. The number of carboxylic acids is 1. The minimum Gasteiger partial charge on any atom is -0.508 e. The number of carbonyl (C=O) groups is 5. The molecule has 2 aromatic rings. The van der Waals surface area contributed by atoms with E-state index in [2.05, 4.69) is 21.3 Å². The molecule has 0 aliphatic rings. The molecular formula is C33H48N6O8. The molecule has 0 aromatic heterocycles. The zero-order valence-corrected chi connectivity index (χ0v) is 27.1. The molecule has 258 valence electrons. The van der Waals surface area contributed by atoms with E-state index in [-0.39, 0.29) is 36.7 Å². The third-order valence-corrected chi connectivity index (χ3v) is 7.89. The van der Waals surface area contributed by atoms with Crippen LogP contribution >= 0.6 is 0 Å². The molecule has 0 aliphatic heterocycles. The van der Waals surface area contributed by atoms with Crippen molar-refractivity contribution in [3.05, 3.63) is 59.7 Å². The van der Waals surface area contributed by atoms with E-state index >= 15 is 0 Å². The van der Waals surface area contributed by atoms with Crippen molar-refractivity contribution in [3.63, 3.8) is 0 Å². The number of carbonyl (C=O) groups excluding carboxylic acids is 4. The number of aliphatic carboxylic acids is 1. The van der Waals surface area contributed by atoms with Crippen LogP contribution in [0.2, 0.25) is 0 Å². The molecule has 14 nitrogen and oxygen atoms in total. The Labute approximate surface area is 274 Å². The Morgan fingerprint density at radius 1 is 0.681 bits per heavy atom. The normalized spacial score (nSPS) is 14.8. The van der Waals surface area contributed by atoms with Crippen LogP contribution < -0.4 is 32.7 Å². The summed E-state index contributed by atoms with van der Waals surface area (Å²) in [6.45, 7) is 5.51. The van der Waals surface area contributed by atoms with Crippen LogP contribution in [0, 0.1) is 5.92 Å². The number of rotatable bonds is 19. The Balaban J connectivity index is 2.33. The van der Waals surface area contributed by atoms with Crippen molar-refractivity contribution in [1.29, 1.82) is 0 Å². The highest BCUT2D eigenvalue weighted by atomic mass is 16.4. The molecule has 0 fully saturated rings. The first kappa shape index (κ1) is 38.5. The number of benzene rings is 2. The lowest BCUT2D eigenvalue weighted by Gasteiger charge is -2.26. The van der Waals surface area contributed by atoms with Crippen molar-refractivity contribution in [2.75, 3.05) is 6.54 Å². The number of unbranched alkanes of at least 4 members (excludes halogenated alkanes) is 1. The lowest BCUT2D eigenvalue weighted by Crippen LogP contribution is -2.59. The third-order valence-electron chi connectivity index (χ3n) is 7.89. The maximum Gasteiger partial charge on any atom is 0.326 e. The quantitative estimate of drug-likeness (QED) is 0.0944. The molecule has 0 radical (unpaired) electrons. The predicted octanol–water partition coefficient (Wildman–Crippen LogP) is 0.429. The molecule has 11 N–H and O–H groups in total. The number of phenolic OH excluding ortho intramolecular Hbond substituents is 2. The van der Waals surface area contributed by atoms with E-state index < -0.39 is 59.8 Å². The van der Waals surface area contributed by atoms with Crippen LogP contribution in [-0.2, 0) is 36.8 Å². The largest absolute Gasteiger partial charge is 0.508 e. The van der Waals surface area contributed by atoms with E-state index in [1.54, 1.807) is 24.3 Å². The first-order valence-electron chi connectivity index (χ1n) is 15.7. The van der Waals surface area contributed by atoms with Crippen molar-refractivity contribution in [1.82, 2.24) is 21.3 Å². The molecule has 0 unspecified atom stereocenters. The average molecular weight is 657 g/mol. The van der Waals surface area contributed by atoms with Gasteiger partial charge in [0.05, 0.1) is 6.04 Å². The Kier molecular flexibility index (Phi) is 15.6. The molecule has 0 spiro atoms. The van der Waals surface area contributed by atoms with Crippen LogP contribution in [0.3, 0.4) is 0 Å². The van der Waals surface area contributed by atoms with Gasteiger partial charge in [0.2, 0.25) is 23.6 Å². The van der Waals surface area contributed by atoms with Crippen LogP contribution in [0.1, 0.15) is 57.6 Å². The first-order valence-corrected chi connectivity index (χ1v) is 15.7. The summed E-state index contributed by atoms with van der Waals surface area (Å²) < 4.78 is 0. The Bertz CT molecular complexity index is 1340. The van der Waals surface area contributed by atoms with Gasteiger partial charge in [0.25, 0.3) is 0 Å². The number of nitrogens with one attached hydrogen (secondary N) is 4. The molecule has 0 aliphatic carbocycles. The first-order chi connectivity index (χ1) is 22.2. The highest BCUT2D eigenvalue weighted by Gasteiger charge is 2.31. The molecule has 14 heteroatoms. The SMILES string of the molecule is CC[C@H](C)[C@H](N)C(=O)N[C@@H](C)C(=O)N[C@@H](Cc1ccc(O)cc1)C(=O)N[C@@H](Cc1ccc(O)cc1)C(=O)N[C@@H](CCCCN)C(=O)O. The number of hydrogen-bond donors (Lipinski definition) is 9. The smallest absolute Gasteiger partial charge is 0.326 e. The van der Waals surface area contributed by atoms with Crippen LogP contribution in [0.25, 0.3) is 0 Å². The van der Waals surface area contributed by atoms with Gasteiger partial charge >= 0.3 is 5.97 Å². The number of aromatic hydroxyl groups is 2. The van der Waals surface area contributed by atoms with Crippen molar-refractivity contribution in [2.45, 2.75) is 89.5 Å². The minimum absolute atomic E-state index is 0.00199. The summed E-state index contributed by atoms with van der Waals surface area (Å²) in [5.41, 5.74) is 12.7. The molecule has 47 heavy (non-hydrogen) atoms. The fourth-order valence-electron chi connectivity index (χ4n) is 4.63. The van der Waals surface area contributed by atoms with Crippen molar-refractivity contribution in [3.8, 4) is 11.5 Å². The van der Waals surface area contributed by atoms with E-state index in [1.807, 2.05) is 13.8 Å². The van der Waals surface area contributed by atoms with Gasteiger partial charge in [-0.2, -0.15) is 0 Å². The number of carboxylic acid groups (broad SMARTS) is 1. The standard InChI is InChI=1S/C33H48N6O8/c1-4-19(2)28(35)32(45)36-20(3)29(42)38-26(17-21-8-12-23(40)13-9-21)31(44)39-27(18-22-10-14-24(41)15-11-22)30(43)37-25(33(46)47)7-5-6-16-34/h8-15,19-20,25-28,40-41H,4-7,16-18,34-35H2,1-3H3,(H,36,45)(H,37,43)(H,38,42)(H,39,44)(H,46,47)/t19-,20-,25-,26-,27-,28-/m0/s1. The summed E-state index contributed by atoms with van der Waals surface area (Å²) in [5.74, 6) is -4.10. The summed E-state index contributed by atoms with van der Waals surface area (Å²) in [6, 6.07) is 6.27. The van der Waals surface area contributed by atoms with E-state index in [1.165, 1.54) is 31.2 Å². The molecule has 4 amide bonds. The summed E-state index contributed by atoms with van der Waals surface area (Å²) >= 11 is 0. The van der Waals surface area contributed by atoms with E-state index in [0.29, 0.717) is 36.9 Å². The van der Waals surface area contributed by atoms with Gasteiger partial charge < -0.3 is 48.1 Å². The third kappa shape index (κ3) is 12.9. The molecule has 0 saturated heterocycles. The number of phenols is 2. The van der Waals surface area contributed by atoms with E-state index in [9.17, 15) is 39.3 Å². The summed E-state index contributed by atoms with van der Waals surface area (Å²) in [5, 5.41) is 39.5. The Hall–Kier alpha value is -4.69. The van der Waals surface area contributed by atoms with Crippen LogP contribution in [0.4, 0.5) is 0 Å². The van der Waals surface area contributed by atoms with Crippen LogP contribution in [0.5, 0.6) is 11.5 Å². The van der Waals surface area contributed by atoms with Crippen molar-refractivity contribution < 1.29 is 39.3 Å². The maximum absolute atomic E-state index is 13.8. The van der Waals surface area contributed by atoms with E-state index in [0.717, 1.165) is 0 Å². The molecular weight excluding hydrogens is 608 g/mol. The second kappa shape index (κ2) is 19.1. The van der Waals surface area contributed by atoms with Gasteiger partial charge in [0.1, 0.15) is 35.7 Å².